The summed E-state index contributed by atoms with van der Waals surface area (Å²) in [4.78, 5) is 8.59. The van der Waals surface area contributed by atoms with Crippen LogP contribution in [-0.2, 0) is 32.5 Å². The largest absolute Gasteiger partial charge is 0.456 e. The molecule has 2 fully saturated rings. The zero-order valence-electron chi connectivity index (χ0n) is 50.5. The van der Waals surface area contributed by atoms with Gasteiger partial charge in [0.25, 0.3) is 6.71 Å². The molecule has 14 rings (SSSR count). The Morgan fingerprint density at radius 2 is 0.975 bits per heavy atom. The van der Waals surface area contributed by atoms with E-state index in [2.05, 4.69) is 247 Å². The minimum Gasteiger partial charge on any atom is -0.456 e. The average Bonchev–Trinajstić information content (AvgIpc) is 3.24. The molecule has 4 unspecified atom stereocenters. The van der Waals surface area contributed by atoms with Crippen molar-refractivity contribution in [2.45, 2.75) is 206 Å². The van der Waals surface area contributed by atoms with Crippen molar-refractivity contribution in [2.75, 3.05) is 14.7 Å². The molecule has 79 heavy (non-hydrogen) atoms. The molecule has 2 aliphatic carbocycles. The van der Waals surface area contributed by atoms with Crippen molar-refractivity contribution in [2.24, 2.45) is 0 Å². The van der Waals surface area contributed by atoms with Crippen LogP contribution in [0.25, 0.3) is 33.1 Å². The molecule has 0 saturated heterocycles. The summed E-state index contributed by atoms with van der Waals surface area (Å²) in [6, 6.07) is 48.9. The Balaban J connectivity index is 1.16. The highest BCUT2D eigenvalue weighted by atomic mass is 16.3. The maximum atomic E-state index is 7.12. The second-order valence-corrected chi connectivity index (χ2v) is 30.5. The summed E-state index contributed by atoms with van der Waals surface area (Å²) in [5.74, 6) is 0. The van der Waals surface area contributed by atoms with Crippen LogP contribution in [0, 0.1) is 0 Å². The summed E-state index contributed by atoms with van der Waals surface area (Å²) < 4.78 is 7.12. The maximum absolute atomic E-state index is 7.12. The molecule has 4 nitrogen and oxygen atoms in total. The third-order valence-electron chi connectivity index (χ3n) is 21.8. The van der Waals surface area contributed by atoms with Crippen LogP contribution in [0.3, 0.4) is 0 Å². The van der Waals surface area contributed by atoms with Crippen LogP contribution in [0.4, 0.5) is 39.8 Å². The number of anilines is 7. The SMILES string of the molecule is CC(C)(C)c1ccc(N2c3cc4c(cc3B3c5cc(C(C)(C)C)cc6c5N(c5cc(N7c8ccc(C(C)(C)C)cc8C8(C)CCCCC78C)cc2c53)C2(C)CCCCC62C)oc2ccc(C(C)(C)C)cc24)c(-c2ccccc2)c1. The molecule has 0 bridgehead atoms. The van der Waals surface area contributed by atoms with Crippen molar-refractivity contribution >= 4 is 84.9 Å². The Hall–Kier alpha value is -6.20. The van der Waals surface area contributed by atoms with Gasteiger partial charge in [0.15, 0.2) is 0 Å². The summed E-state index contributed by atoms with van der Waals surface area (Å²) in [6.45, 7) is 39.0. The quantitative estimate of drug-likeness (QED) is 0.165. The minimum atomic E-state index is -0.147. The van der Waals surface area contributed by atoms with Gasteiger partial charge < -0.3 is 19.1 Å². The molecule has 1 aromatic heterocycles. The van der Waals surface area contributed by atoms with Crippen molar-refractivity contribution in [3.63, 3.8) is 0 Å². The summed E-state index contributed by atoms with van der Waals surface area (Å²) in [6.07, 6.45) is 9.60. The molecule has 6 aliphatic rings. The van der Waals surface area contributed by atoms with Gasteiger partial charge in [0.2, 0.25) is 0 Å². The summed E-state index contributed by atoms with van der Waals surface area (Å²) in [7, 11) is 0. The number of rotatable bonds is 3. The van der Waals surface area contributed by atoms with Gasteiger partial charge in [-0.2, -0.15) is 0 Å². The van der Waals surface area contributed by atoms with Gasteiger partial charge in [-0.3, -0.25) is 0 Å². The van der Waals surface area contributed by atoms with E-state index in [0.717, 1.165) is 24.0 Å². The van der Waals surface area contributed by atoms with Crippen molar-refractivity contribution < 1.29 is 4.42 Å². The average molecular weight is 1040 g/mol. The van der Waals surface area contributed by atoms with Gasteiger partial charge in [0.1, 0.15) is 11.2 Å². The van der Waals surface area contributed by atoms with Gasteiger partial charge in [-0.15, -0.1) is 0 Å². The van der Waals surface area contributed by atoms with Gasteiger partial charge in [0.05, 0.1) is 16.8 Å². The van der Waals surface area contributed by atoms with Crippen LogP contribution in [0.15, 0.2) is 126 Å². The lowest BCUT2D eigenvalue weighted by Gasteiger charge is -2.54. The molecule has 0 amide bonds. The lowest BCUT2D eigenvalue weighted by Crippen LogP contribution is -2.64. The Morgan fingerprint density at radius 3 is 1.63 bits per heavy atom. The van der Waals surface area contributed by atoms with Gasteiger partial charge in [0, 0.05) is 61.3 Å². The molecule has 0 radical (unpaired) electrons. The van der Waals surface area contributed by atoms with Gasteiger partial charge >= 0.3 is 0 Å². The molecular formula is C74H84BN3O. The number of hydrogen-bond donors (Lipinski definition) is 0. The Morgan fingerprint density at radius 1 is 0.430 bits per heavy atom. The molecule has 0 N–H and O–H groups in total. The van der Waals surface area contributed by atoms with E-state index in [1.54, 1.807) is 5.56 Å². The lowest BCUT2D eigenvalue weighted by atomic mass is 9.33. The first-order valence-electron chi connectivity index (χ1n) is 30.3. The molecule has 0 spiro atoms. The molecular weight excluding hydrogens is 958 g/mol. The summed E-state index contributed by atoms with van der Waals surface area (Å²) in [5.41, 5.74) is 25.9. The van der Waals surface area contributed by atoms with Gasteiger partial charge in [-0.1, -0.05) is 189 Å². The van der Waals surface area contributed by atoms with E-state index in [1.165, 1.54) is 144 Å². The first-order valence-corrected chi connectivity index (χ1v) is 30.3. The molecule has 5 heteroatoms. The fraction of sp³-hybridized carbons (Fsp3) is 0.432. The minimum absolute atomic E-state index is 0.0203. The zero-order valence-corrected chi connectivity index (χ0v) is 50.5. The number of nitrogens with zero attached hydrogens (tertiary/aromatic N) is 3. The van der Waals surface area contributed by atoms with E-state index in [0.29, 0.717) is 0 Å². The van der Waals surface area contributed by atoms with E-state index < -0.39 is 0 Å². The van der Waals surface area contributed by atoms with Crippen molar-refractivity contribution in [3.05, 3.63) is 155 Å². The number of fused-ring (bicyclic) bond motifs is 13. The predicted octanol–water partition coefficient (Wildman–Crippen LogP) is 18.5. The third kappa shape index (κ3) is 6.92. The monoisotopic (exact) mass is 1040 g/mol. The Kier molecular flexibility index (Phi) is 10.5. The molecule has 404 valence electrons. The molecule has 4 aliphatic heterocycles. The third-order valence-corrected chi connectivity index (χ3v) is 21.8. The summed E-state index contributed by atoms with van der Waals surface area (Å²) >= 11 is 0. The van der Waals surface area contributed by atoms with Crippen LogP contribution in [0.1, 0.15) is 196 Å². The lowest BCUT2D eigenvalue weighted by molar-refractivity contribution is 0.194. The van der Waals surface area contributed by atoms with Crippen molar-refractivity contribution in [1.29, 1.82) is 0 Å². The van der Waals surface area contributed by atoms with Crippen LogP contribution in [0.2, 0.25) is 0 Å². The fourth-order valence-electron chi connectivity index (χ4n) is 16.5. The van der Waals surface area contributed by atoms with E-state index >= 15 is 0 Å². The van der Waals surface area contributed by atoms with Gasteiger partial charge in [-0.25, -0.2) is 0 Å². The second kappa shape index (κ2) is 16.3. The molecule has 8 aromatic rings. The molecule has 7 aromatic carbocycles. The highest BCUT2D eigenvalue weighted by Crippen LogP contribution is 2.65. The van der Waals surface area contributed by atoms with Crippen LogP contribution in [0.5, 0.6) is 0 Å². The van der Waals surface area contributed by atoms with Crippen LogP contribution >= 0.6 is 0 Å². The second-order valence-electron chi connectivity index (χ2n) is 30.5. The smallest absolute Gasteiger partial charge is 0.252 e. The zero-order chi connectivity index (χ0) is 55.5. The topological polar surface area (TPSA) is 22.9 Å². The molecule has 2 saturated carbocycles. The molecule has 4 atom stereocenters. The van der Waals surface area contributed by atoms with Crippen molar-refractivity contribution in [3.8, 4) is 11.1 Å². The van der Waals surface area contributed by atoms with E-state index in [9.17, 15) is 0 Å². The predicted molar refractivity (Wildman–Crippen MR) is 339 cm³/mol. The number of benzene rings is 7. The van der Waals surface area contributed by atoms with Crippen LogP contribution in [-0.4, -0.2) is 17.8 Å². The van der Waals surface area contributed by atoms with Crippen molar-refractivity contribution in [1.82, 2.24) is 0 Å². The fourth-order valence-corrected chi connectivity index (χ4v) is 16.5. The highest BCUT2D eigenvalue weighted by Gasteiger charge is 2.63. The number of furan rings is 1. The standard InChI is InChI=1S/C74H84BN3O/c1-67(2,3)46-26-29-58(51(36-46)45-24-18-17-19-25-45)76-60-43-53-52-37-47(68(4,5)6)28-31-63(52)79-64(53)44-56(60)75-57-40-49(70(10,11)12)39-55-66(57)78(74(16)35-23-21-33-72(55,74)14)62-42-50(41-61(76)65(62)75)77-59-30-27-48(69(7,8)9)38-54(59)71(13)32-20-22-34-73(71,77)15/h17-19,24-31,36-44H,20-23,32-35H2,1-16H3. The first kappa shape index (κ1) is 51.0. The number of hydrogen-bond acceptors (Lipinski definition) is 4. The summed E-state index contributed by atoms with van der Waals surface area (Å²) in [5, 5.41) is 2.35. The Labute approximate surface area is 473 Å². The normalized spacial score (nSPS) is 24.2. The van der Waals surface area contributed by atoms with E-state index in [1.807, 2.05) is 0 Å². The highest BCUT2D eigenvalue weighted by molar-refractivity contribution is 7.00. The van der Waals surface area contributed by atoms with Crippen LogP contribution < -0.4 is 31.1 Å². The van der Waals surface area contributed by atoms with E-state index in [4.69, 9.17) is 4.42 Å². The van der Waals surface area contributed by atoms with Gasteiger partial charge in [-0.05, 0) is 171 Å². The Bertz CT molecular complexity index is 3890. The first-order chi connectivity index (χ1) is 37.2. The maximum Gasteiger partial charge on any atom is 0.252 e. The van der Waals surface area contributed by atoms with E-state index in [-0.39, 0.29) is 50.3 Å². The molecule has 5 heterocycles.